The van der Waals surface area contributed by atoms with Crippen LogP contribution in [0.5, 0.6) is 0 Å². The van der Waals surface area contributed by atoms with Crippen LogP contribution in [0, 0.1) is 0 Å². The maximum absolute atomic E-state index is 13.4. The van der Waals surface area contributed by atoms with E-state index < -0.39 is 5.41 Å². The second-order valence-electron chi connectivity index (χ2n) is 7.33. The van der Waals surface area contributed by atoms with E-state index in [1.54, 1.807) is 17.0 Å². The Balaban J connectivity index is 1.64. The molecule has 1 N–H and O–H groups in total. The highest BCUT2D eigenvalue weighted by atomic mass is 35.5. The van der Waals surface area contributed by atoms with E-state index in [-0.39, 0.29) is 11.8 Å². The van der Waals surface area contributed by atoms with Crippen molar-refractivity contribution in [3.05, 3.63) is 59.1 Å². The Morgan fingerprint density at radius 1 is 1.11 bits per heavy atom. The van der Waals surface area contributed by atoms with Gasteiger partial charge in [-0.3, -0.25) is 9.59 Å². The molecule has 0 aliphatic carbocycles. The van der Waals surface area contributed by atoms with Gasteiger partial charge in [-0.1, -0.05) is 41.9 Å². The van der Waals surface area contributed by atoms with Crippen LogP contribution in [0.15, 0.2) is 48.5 Å². The van der Waals surface area contributed by atoms with E-state index in [9.17, 15) is 9.59 Å². The fraction of sp³-hybridized carbons (Fsp3) is 0.364. The van der Waals surface area contributed by atoms with Crippen LogP contribution in [-0.2, 0) is 19.7 Å². The van der Waals surface area contributed by atoms with Gasteiger partial charge in [-0.05, 0) is 43.0 Å². The molecule has 0 spiro atoms. The first-order valence-electron chi connectivity index (χ1n) is 9.65. The Labute approximate surface area is 169 Å². The van der Waals surface area contributed by atoms with Gasteiger partial charge in [-0.25, -0.2) is 0 Å². The quantitative estimate of drug-likeness (QED) is 0.841. The van der Waals surface area contributed by atoms with E-state index in [4.69, 9.17) is 16.3 Å². The highest BCUT2D eigenvalue weighted by molar-refractivity contribution is 6.34. The molecule has 2 fully saturated rings. The molecule has 0 aromatic heterocycles. The normalized spacial score (nSPS) is 18.9. The highest BCUT2D eigenvalue weighted by Crippen LogP contribution is 2.37. The number of hydrogen-bond donors (Lipinski definition) is 1. The molecule has 2 aliphatic heterocycles. The zero-order valence-corrected chi connectivity index (χ0v) is 16.4. The van der Waals surface area contributed by atoms with Crippen molar-refractivity contribution in [3.63, 3.8) is 0 Å². The van der Waals surface area contributed by atoms with Crippen LogP contribution in [-0.4, -0.2) is 31.6 Å². The molecule has 0 saturated carbocycles. The summed E-state index contributed by atoms with van der Waals surface area (Å²) in [5.41, 5.74) is 1.63. The van der Waals surface area contributed by atoms with Crippen LogP contribution in [0.4, 0.5) is 11.4 Å². The van der Waals surface area contributed by atoms with Crippen LogP contribution in [0.3, 0.4) is 0 Å². The standard InChI is InChI=1S/C22H23ClN2O3/c23-18-9-8-17(25-12-4-7-20(25)26)15-19(18)24-21(27)22(10-13-28-14-11-22)16-5-2-1-3-6-16/h1-3,5-6,8-9,15H,4,7,10-14H2,(H,24,27). The molecule has 0 radical (unpaired) electrons. The molecule has 28 heavy (non-hydrogen) atoms. The van der Waals surface area contributed by atoms with Gasteiger partial charge in [0.15, 0.2) is 0 Å². The van der Waals surface area contributed by atoms with Gasteiger partial charge in [0.25, 0.3) is 0 Å². The van der Waals surface area contributed by atoms with E-state index >= 15 is 0 Å². The molecule has 2 aromatic carbocycles. The minimum atomic E-state index is -0.650. The minimum Gasteiger partial charge on any atom is -0.381 e. The molecule has 6 heteroatoms. The summed E-state index contributed by atoms with van der Waals surface area (Å²) in [4.78, 5) is 27.2. The molecule has 146 valence electrons. The lowest BCUT2D eigenvalue weighted by atomic mass is 9.73. The summed E-state index contributed by atoms with van der Waals surface area (Å²) in [6.07, 6.45) is 2.64. The van der Waals surface area contributed by atoms with Gasteiger partial charge in [-0.15, -0.1) is 0 Å². The van der Waals surface area contributed by atoms with Gasteiger partial charge in [0.2, 0.25) is 11.8 Å². The lowest BCUT2D eigenvalue weighted by molar-refractivity contribution is -0.125. The fourth-order valence-corrected chi connectivity index (χ4v) is 4.23. The fourth-order valence-electron chi connectivity index (χ4n) is 4.06. The molecule has 0 unspecified atom stereocenters. The minimum absolute atomic E-state index is 0.0891. The molecule has 5 nitrogen and oxygen atoms in total. The third-order valence-corrected chi connectivity index (χ3v) is 6.02. The summed E-state index contributed by atoms with van der Waals surface area (Å²) in [6, 6.07) is 15.2. The maximum atomic E-state index is 13.4. The lowest BCUT2D eigenvalue weighted by Gasteiger charge is -2.36. The van der Waals surface area contributed by atoms with Crippen molar-refractivity contribution in [2.24, 2.45) is 0 Å². The summed E-state index contributed by atoms with van der Waals surface area (Å²) in [5, 5.41) is 3.49. The van der Waals surface area contributed by atoms with Crippen LogP contribution in [0.25, 0.3) is 0 Å². The van der Waals surface area contributed by atoms with E-state index in [2.05, 4.69) is 5.32 Å². The van der Waals surface area contributed by atoms with Crippen molar-refractivity contribution in [3.8, 4) is 0 Å². The van der Waals surface area contributed by atoms with Crippen molar-refractivity contribution in [1.82, 2.24) is 0 Å². The first kappa shape index (κ1) is 19.0. The number of nitrogens with one attached hydrogen (secondary N) is 1. The number of rotatable bonds is 4. The first-order chi connectivity index (χ1) is 13.6. The summed E-state index contributed by atoms with van der Waals surface area (Å²) in [6.45, 7) is 1.77. The zero-order valence-electron chi connectivity index (χ0n) is 15.6. The number of carbonyl (C=O) groups excluding carboxylic acids is 2. The molecular formula is C22H23ClN2O3. The molecule has 2 aliphatic rings. The average molecular weight is 399 g/mol. The van der Waals surface area contributed by atoms with Crippen LogP contribution < -0.4 is 10.2 Å². The zero-order chi connectivity index (χ0) is 19.6. The van der Waals surface area contributed by atoms with Crippen LogP contribution in [0.1, 0.15) is 31.2 Å². The Morgan fingerprint density at radius 2 is 1.86 bits per heavy atom. The predicted molar refractivity (Wildman–Crippen MR) is 110 cm³/mol. The highest BCUT2D eigenvalue weighted by Gasteiger charge is 2.41. The number of amides is 2. The average Bonchev–Trinajstić information content (AvgIpc) is 3.16. The van der Waals surface area contributed by atoms with E-state index in [0.29, 0.717) is 49.7 Å². The van der Waals surface area contributed by atoms with Crippen molar-refractivity contribution >= 4 is 34.8 Å². The molecular weight excluding hydrogens is 376 g/mol. The van der Waals surface area contributed by atoms with E-state index in [1.165, 1.54) is 0 Å². The van der Waals surface area contributed by atoms with Crippen LogP contribution >= 0.6 is 11.6 Å². The smallest absolute Gasteiger partial charge is 0.235 e. The summed E-state index contributed by atoms with van der Waals surface area (Å²) in [5.74, 6) is 0.0126. The molecule has 2 saturated heterocycles. The number of anilines is 2. The first-order valence-corrected chi connectivity index (χ1v) is 10.0. The number of ether oxygens (including phenoxy) is 1. The van der Waals surface area contributed by atoms with Crippen molar-refractivity contribution < 1.29 is 14.3 Å². The molecule has 0 bridgehead atoms. The van der Waals surface area contributed by atoms with Crippen molar-refractivity contribution in [2.75, 3.05) is 30.0 Å². The lowest BCUT2D eigenvalue weighted by Crippen LogP contribution is -2.44. The van der Waals surface area contributed by atoms with Crippen LogP contribution in [0.2, 0.25) is 5.02 Å². The van der Waals surface area contributed by atoms with Gasteiger partial charge < -0.3 is 15.0 Å². The topological polar surface area (TPSA) is 58.6 Å². The number of halogens is 1. The van der Waals surface area contributed by atoms with Gasteiger partial charge in [0.05, 0.1) is 16.1 Å². The van der Waals surface area contributed by atoms with Crippen molar-refractivity contribution in [2.45, 2.75) is 31.1 Å². The SMILES string of the molecule is O=C1CCCN1c1ccc(Cl)c(NC(=O)C2(c3ccccc3)CCOCC2)c1. The van der Waals surface area contributed by atoms with Gasteiger partial charge in [0.1, 0.15) is 0 Å². The van der Waals surface area contributed by atoms with Gasteiger partial charge >= 0.3 is 0 Å². The van der Waals surface area contributed by atoms with Gasteiger partial charge in [0, 0.05) is 31.9 Å². The second-order valence-corrected chi connectivity index (χ2v) is 7.73. The largest absolute Gasteiger partial charge is 0.381 e. The number of benzene rings is 2. The third-order valence-electron chi connectivity index (χ3n) is 5.69. The molecule has 2 amide bonds. The Kier molecular flexibility index (Phi) is 5.38. The molecule has 4 rings (SSSR count). The van der Waals surface area contributed by atoms with E-state index in [1.807, 2.05) is 36.4 Å². The number of hydrogen-bond acceptors (Lipinski definition) is 3. The monoisotopic (exact) mass is 398 g/mol. The summed E-state index contributed by atoms with van der Waals surface area (Å²) < 4.78 is 5.52. The molecule has 0 atom stereocenters. The Morgan fingerprint density at radius 3 is 2.54 bits per heavy atom. The predicted octanol–water partition coefficient (Wildman–Crippen LogP) is 4.15. The Hall–Kier alpha value is -2.37. The summed E-state index contributed by atoms with van der Waals surface area (Å²) in [7, 11) is 0. The Bertz CT molecular complexity index is 879. The van der Waals surface area contributed by atoms with Crippen molar-refractivity contribution in [1.29, 1.82) is 0 Å². The maximum Gasteiger partial charge on any atom is 0.235 e. The summed E-state index contributed by atoms with van der Waals surface area (Å²) >= 11 is 6.37. The van der Waals surface area contributed by atoms with E-state index in [0.717, 1.165) is 17.7 Å². The molecule has 2 heterocycles. The van der Waals surface area contributed by atoms with Gasteiger partial charge in [-0.2, -0.15) is 0 Å². The second kappa shape index (κ2) is 7.94. The number of carbonyl (C=O) groups is 2. The number of nitrogens with zero attached hydrogens (tertiary/aromatic N) is 1. The third kappa shape index (κ3) is 3.52. The molecule has 2 aromatic rings.